The summed E-state index contributed by atoms with van der Waals surface area (Å²) in [6.07, 6.45) is 5.98. The van der Waals surface area contributed by atoms with Crippen LogP contribution in [0.4, 0.5) is 0 Å². The van der Waals surface area contributed by atoms with Gasteiger partial charge in [-0.15, -0.1) is 24.0 Å². The molecule has 116 valence electrons. The Labute approximate surface area is 138 Å². The lowest BCUT2D eigenvalue weighted by molar-refractivity contribution is 0.203. The van der Waals surface area contributed by atoms with Crippen LogP contribution in [0.15, 0.2) is 17.4 Å². The van der Waals surface area contributed by atoms with E-state index in [0.29, 0.717) is 6.61 Å². The van der Waals surface area contributed by atoms with Crippen molar-refractivity contribution in [3.05, 3.63) is 18.0 Å². The highest BCUT2D eigenvalue weighted by atomic mass is 127. The number of rotatable bonds is 8. The van der Waals surface area contributed by atoms with Gasteiger partial charge in [-0.05, 0) is 25.3 Å². The minimum Gasteiger partial charge on any atom is -0.383 e. The fourth-order valence-electron chi connectivity index (χ4n) is 1.69. The first kappa shape index (κ1) is 19.2. The molecule has 0 spiro atoms. The van der Waals surface area contributed by atoms with E-state index in [2.05, 4.69) is 27.6 Å². The van der Waals surface area contributed by atoms with Gasteiger partial charge in [0.25, 0.3) is 0 Å². The number of aryl methyl sites for hydroxylation is 2. The molecule has 1 aromatic heterocycles. The van der Waals surface area contributed by atoms with Crippen molar-refractivity contribution in [1.82, 2.24) is 20.4 Å². The monoisotopic (exact) mass is 395 g/mol. The number of nitrogens with zero attached hydrogens (tertiary/aromatic N) is 3. The molecule has 20 heavy (non-hydrogen) atoms. The van der Waals surface area contributed by atoms with Crippen LogP contribution in [0.2, 0.25) is 0 Å². The Morgan fingerprint density at radius 2 is 2.25 bits per heavy atom. The molecule has 0 saturated heterocycles. The average Bonchev–Trinajstić information content (AvgIpc) is 2.80. The van der Waals surface area contributed by atoms with Crippen LogP contribution in [0.1, 0.15) is 18.9 Å². The molecule has 0 saturated carbocycles. The second-order valence-corrected chi connectivity index (χ2v) is 4.31. The van der Waals surface area contributed by atoms with Crippen LogP contribution >= 0.6 is 24.0 Å². The summed E-state index contributed by atoms with van der Waals surface area (Å²) in [4.78, 5) is 4.52. The zero-order valence-electron chi connectivity index (χ0n) is 12.6. The SMILES string of the molecule is CCNC(=NCCCc1cnn(C)c1)NCCOC.I. The molecule has 0 aliphatic carbocycles. The largest absolute Gasteiger partial charge is 0.383 e. The highest BCUT2D eigenvalue weighted by molar-refractivity contribution is 14.0. The normalized spacial score (nSPS) is 11.1. The standard InChI is InChI=1S/C13H25N5O.HI/c1-4-14-13(16-8-9-19-3)15-7-5-6-12-10-17-18(2)11-12;/h10-11H,4-9H2,1-3H3,(H2,14,15,16);1H. The van der Waals surface area contributed by atoms with Crippen LogP contribution in [0, 0.1) is 0 Å². The highest BCUT2D eigenvalue weighted by Gasteiger charge is 1.98. The molecule has 0 amide bonds. The van der Waals surface area contributed by atoms with Crippen LogP contribution in [0.3, 0.4) is 0 Å². The lowest BCUT2D eigenvalue weighted by Gasteiger charge is -2.10. The molecule has 0 aliphatic rings. The fourth-order valence-corrected chi connectivity index (χ4v) is 1.69. The van der Waals surface area contributed by atoms with Gasteiger partial charge in [0.05, 0.1) is 12.8 Å². The van der Waals surface area contributed by atoms with Crippen molar-refractivity contribution in [2.45, 2.75) is 19.8 Å². The van der Waals surface area contributed by atoms with Gasteiger partial charge >= 0.3 is 0 Å². The molecule has 6 nitrogen and oxygen atoms in total. The number of hydrogen-bond donors (Lipinski definition) is 2. The van der Waals surface area contributed by atoms with Crippen LogP contribution in [-0.2, 0) is 18.2 Å². The van der Waals surface area contributed by atoms with Crippen molar-refractivity contribution in [2.75, 3.05) is 33.4 Å². The zero-order valence-corrected chi connectivity index (χ0v) is 14.9. The lowest BCUT2D eigenvalue weighted by Crippen LogP contribution is -2.39. The van der Waals surface area contributed by atoms with E-state index < -0.39 is 0 Å². The summed E-state index contributed by atoms with van der Waals surface area (Å²) in [5.41, 5.74) is 1.26. The summed E-state index contributed by atoms with van der Waals surface area (Å²) in [5, 5.41) is 10.6. The molecular formula is C13H26IN5O. The molecule has 0 radical (unpaired) electrons. The zero-order chi connectivity index (χ0) is 13.9. The number of halogens is 1. The Hall–Kier alpha value is -0.830. The topological polar surface area (TPSA) is 63.5 Å². The van der Waals surface area contributed by atoms with Gasteiger partial charge in [0.15, 0.2) is 5.96 Å². The van der Waals surface area contributed by atoms with Gasteiger partial charge in [0.2, 0.25) is 0 Å². The quantitative estimate of drug-likeness (QED) is 0.300. The molecule has 0 bridgehead atoms. The van der Waals surface area contributed by atoms with Crippen LogP contribution in [-0.4, -0.2) is 49.1 Å². The van der Waals surface area contributed by atoms with E-state index >= 15 is 0 Å². The van der Waals surface area contributed by atoms with Crippen LogP contribution in [0.25, 0.3) is 0 Å². The molecule has 1 aromatic rings. The summed E-state index contributed by atoms with van der Waals surface area (Å²) in [7, 11) is 3.63. The molecule has 1 rings (SSSR count). The predicted octanol–water partition coefficient (Wildman–Crippen LogP) is 1.17. The number of hydrogen-bond acceptors (Lipinski definition) is 3. The second kappa shape index (κ2) is 12.0. The maximum absolute atomic E-state index is 5.00. The van der Waals surface area contributed by atoms with Crippen molar-refractivity contribution in [2.24, 2.45) is 12.0 Å². The maximum atomic E-state index is 5.00. The minimum absolute atomic E-state index is 0. The first-order valence-corrected chi connectivity index (χ1v) is 6.75. The summed E-state index contributed by atoms with van der Waals surface area (Å²) in [5.74, 6) is 0.853. The summed E-state index contributed by atoms with van der Waals surface area (Å²) >= 11 is 0. The van der Waals surface area contributed by atoms with E-state index in [1.54, 1.807) is 7.11 Å². The van der Waals surface area contributed by atoms with Crippen LogP contribution in [0.5, 0.6) is 0 Å². The first-order chi connectivity index (χ1) is 9.26. The molecule has 0 fully saturated rings. The third-order valence-electron chi connectivity index (χ3n) is 2.59. The minimum atomic E-state index is 0. The van der Waals surface area contributed by atoms with Gasteiger partial charge in [-0.25, -0.2) is 0 Å². The lowest BCUT2D eigenvalue weighted by atomic mass is 10.2. The third-order valence-corrected chi connectivity index (χ3v) is 2.59. The van der Waals surface area contributed by atoms with Gasteiger partial charge in [0.1, 0.15) is 0 Å². The molecule has 1 heterocycles. The molecular weight excluding hydrogens is 369 g/mol. The predicted molar refractivity (Wildman–Crippen MR) is 92.8 cm³/mol. The summed E-state index contributed by atoms with van der Waals surface area (Å²) < 4.78 is 6.83. The van der Waals surface area contributed by atoms with E-state index in [1.165, 1.54) is 5.56 Å². The number of aliphatic imine (C=N–C) groups is 1. The molecule has 0 aliphatic heterocycles. The Balaban J connectivity index is 0.00000361. The van der Waals surface area contributed by atoms with Gasteiger partial charge in [-0.1, -0.05) is 0 Å². The summed E-state index contributed by atoms with van der Waals surface area (Å²) in [6, 6.07) is 0. The third kappa shape index (κ3) is 8.36. The number of guanidine groups is 1. The first-order valence-electron chi connectivity index (χ1n) is 6.75. The molecule has 0 aromatic carbocycles. The summed E-state index contributed by atoms with van der Waals surface area (Å²) in [6.45, 7) is 5.17. The van der Waals surface area contributed by atoms with E-state index in [0.717, 1.165) is 38.4 Å². The average molecular weight is 395 g/mol. The van der Waals surface area contributed by atoms with Gasteiger partial charge in [0, 0.05) is 40.0 Å². The van der Waals surface area contributed by atoms with Crippen molar-refractivity contribution in [3.63, 3.8) is 0 Å². The highest BCUT2D eigenvalue weighted by Crippen LogP contribution is 2.00. The van der Waals surface area contributed by atoms with Crippen molar-refractivity contribution < 1.29 is 4.74 Å². The van der Waals surface area contributed by atoms with Gasteiger partial charge in [-0.3, -0.25) is 9.67 Å². The van der Waals surface area contributed by atoms with E-state index in [4.69, 9.17) is 4.74 Å². The van der Waals surface area contributed by atoms with Crippen molar-refractivity contribution in [1.29, 1.82) is 0 Å². The van der Waals surface area contributed by atoms with E-state index in [1.807, 2.05) is 24.1 Å². The second-order valence-electron chi connectivity index (χ2n) is 4.31. The van der Waals surface area contributed by atoms with E-state index in [-0.39, 0.29) is 24.0 Å². The Bertz CT molecular complexity index is 381. The van der Waals surface area contributed by atoms with Crippen LogP contribution < -0.4 is 10.6 Å². The number of nitrogens with one attached hydrogen (secondary N) is 2. The smallest absolute Gasteiger partial charge is 0.191 e. The number of methoxy groups -OCH3 is 1. The van der Waals surface area contributed by atoms with Crippen molar-refractivity contribution >= 4 is 29.9 Å². The number of aromatic nitrogens is 2. The Morgan fingerprint density at radius 3 is 2.85 bits per heavy atom. The molecule has 2 N–H and O–H groups in total. The maximum Gasteiger partial charge on any atom is 0.191 e. The Kier molecular flexibility index (Phi) is 11.5. The fraction of sp³-hybridized carbons (Fsp3) is 0.692. The number of ether oxygens (including phenoxy) is 1. The van der Waals surface area contributed by atoms with Gasteiger partial charge in [-0.2, -0.15) is 5.10 Å². The molecule has 0 atom stereocenters. The molecule has 0 unspecified atom stereocenters. The van der Waals surface area contributed by atoms with Crippen molar-refractivity contribution in [3.8, 4) is 0 Å². The molecule has 7 heteroatoms. The Morgan fingerprint density at radius 1 is 1.45 bits per heavy atom. The van der Waals surface area contributed by atoms with Gasteiger partial charge < -0.3 is 15.4 Å². The van der Waals surface area contributed by atoms with E-state index in [9.17, 15) is 0 Å².